The van der Waals surface area contributed by atoms with Crippen molar-refractivity contribution in [3.63, 3.8) is 0 Å². The zero-order valence-corrected chi connectivity index (χ0v) is 17.7. The Kier molecular flexibility index (Phi) is 3.24. The average Bonchev–Trinajstić information content (AvgIpc) is 3.12. The molecule has 2 aromatic rings. The van der Waals surface area contributed by atoms with Crippen molar-refractivity contribution in [2.75, 3.05) is 13.6 Å². The third kappa shape index (κ3) is 1.90. The van der Waals surface area contributed by atoms with Crippen LogP contribution in [0.4, 0.5) is 0 Å². The number of phenolic OH excluding ortho intramolecular Hbond substituents is 1. The first-order valence-corrected chi connectivity index (χ1v) is 11.5. The summed E-state index contributed by atoms with van der Waals surface area (Å²) in [5, 5.41) is 23.2. The molecule has 0 radical (unpaired) electrons. The minimum absolute atomic E-state index is 0.0579. The number of nitrogens with zero attached hydrogens (tertiary/aromatic N) is 1. The first-order chi connectivity index (χ1) is 14.9. The van der Waals surface area contributed by atoms with Crippen molar-refractivity contribution in [1.82, 2.24) is 4.90 Å². The third-order valence-corrected chi connectivity index (χ3v) is 9.37. The minimum Gasteiger partial charge on any atom is -0.504 e. The molecule has 1 saturated heterocycles. The molecule has 0 aromatic heterocycles. The van der Waals surface area contributed by atoms with Crippen molar-refractivity contribution in [2.45, 2.75) is 61.7 Å². The molecule has 31 heavy (non-hydrogen) atoms. The minimum atomic E-state index is -1.06. The lowest BCUT2D eigenvalue weighted by atomic mass is 9.43. The molecule has 3 aliphatic carbocycles. The normalized spacial score (nSPS) is 39.7. The van der Waals surface area contributed by atoms with E-state index in [1.807, 2.05) is 12.1 Å². The number of likely N-dealkylation sites (N-methyl/N-ethyl adjacent to an activating group) is 1. The van der Waals surface area contributed by atoms with Crippen molar-refractivity contribution < 1.29 is 19.7 Å². The summed E-state index contributed by atoms with van der Waals surface area (Å²) in [5.74, 6) is 0.641. The molecule has 5 atom stereocenters. The maximum Gasteiger partial charge on any atom is 0.180 e. The number of hydrogen-bond acceptors (Lipinski definition) is 5. The van der Waals surface area contributed by atoms with Gasteiger partial charge in [-0.3, -0.25) is 4.79 Å². The number of carbonyl (C=O) groups excluding carboxylic acids is 1. The van der Waals surface area contributed by atoms with Gasteiger partial charge in [0.2, 0.25) is 0 Å². The molecule has 0 unspecified atom stereocenters. The molecule has 7 rings (SSSR count). The van der Waals surface area contributed by atoms with Gasteiger partial charge in [-0.05, 0) is 74.9 Å². The number of carbonyl (C=O) groups is 1. The van der Waals surface area contributed by atoms with Crippen molar-refractivity contribution >= 4 is 5.78 Å². The van der Waals surface area contributed by atoms with Crippen molar-refractivity contribution in [2.24, 2.45) is 5.41 Å². The maximum atomic E-state index is 14.2. The van der Waals surface area contributed by atoms with Gasteiger partial charge in [-0.2, -0.15) is 0 Å². The number of ketones is 1. The van der Waals surface area contributed by atoms with Crippen LogP contribution < -0.4 is 4.74 Å². The number of piperidine rings is 1. The first-order valence-electron chi connectivity index (χ1n) is 11.5. The number of phenols is 1. The van der Waals surface area contributed by atoms with E-state index in [2.05, 4.69) is 30.1 Å². The van der Waals surface area contributed by atoms with Gasteiger partial charge in [-0.1, -0.05) is 30.3 Å². The van der Waals surface area contributed by atoms with E-state index in [-0.39, 0.29) is 17.6 Å². The van der Waals surface area contributed by atoms with Crippen molar-refractivity contribution in [3.05, 3.63) is 58.7 Å². The number of fused-ring (bicyclic) bond motifs is 1. The van der Waals surface area contributed by atoms with Gasteiger partial charge < -0.3 is 19.8 Å². The van der Waals surface area contributed by atoms with E-state index in [1.165, 1.54) is 11.1 Å². The second-order valence-corrected chi connectivity index (χ2v) is 10.6. The summed E-state index contributed by atoms with van der Waals surface area (Å²) in [6.07, 6.45) is 3.38. The lowest BCUT2D eigenvalue weighted by Gasteiger charge is -2.65. The molecule has 1 saturated carbocycles. The summed E-state index contributed by atoms with van der Waals surface area (Å²) in [7, 11) is 2.09. The molecule has 2 fully saturated rings. The highest BCUT2D eigenvalue weighted by molar-refractivity contribution is 5.95. The van der Waals surface area contributed by atoms with E-state index in [9.17, 15) is 15.0 Å². The van der Waals surface area contributed by atoms with Crippen LogP contribution >= 0.6 is 0 Å². The van der Waals surface area contributed by atoms with Gasteiger partial charge in [0, 0.05) is 17.0 Å². The molecule has 160 valence electrons. The maximum absolute atomic E-state index is 14.2. The summed E-state index contributed by atoms with van der Waals surface area (Å²) in [6, 6.07) is 12.0. The zero-order chi connectivity index (χ0) is 21.2. The molecule has 0 amide bonds. The third-order valence-electron chi connectivity index (χ3n) is 9.37. The van der Waals surface area contributed by atoms with Gasteiger partial charge in [-0.15, -0.1) is 0 Å². The van der Waals surface area contributed by atoms with Crippen LogP contribution in [0.2, 0.25) is 0 Å². The highest BCUT2D eigenvalue weighted by Crippen LogP contribution is 2.68. The van der Waals surface area contributed by atoms with Gasteiger partial charge in [0.1, 0.15) is 0 Å². The SMILES string of the molecule is CN1CC[C@]23c4c5ccc(O)c4O[C@H]2C(=O)[C@]2(CCc4ccccc4C2)C[C@@]3(O)[C@H]1C5. The Balaban J connectivity index is 1.46. The van der Waals surface area contributed by atoms with Gasteiger partial charge in [0.05, 0.1) is 11.0 Å². The average molecular weight is 418 g/mol. The lowest BCUT2D eigenvalue weighted by Crippen LogP contribution is -2.79. The summed E-state index contributed by atoms with van der Waals surface area (Å²) in [6.45, 7) is 0.810. The fourth-order valence-electron chi connectivity index (χ4n) is 7.96. The van der Waals surface area contributed by atoms with E-state index < -0.39 is 22.5 Å². The van der Waals surface area contributed by atoms with Gasteiger partial charge in [0.25, 0.3) is 0 Å². The van der Waals surface area contributed by atoms with E-state index in [1.54, 1.807) is 6.07 Å². The Morgan fingerprint density at radius 2 is 1.90 bits per heavy atom. The fraction of sp³-hybridized carbons (Fsp3) is 0.500. The van der Waals surface area contributed by atoms with Crippen LogP contribution in [0.5, 0.6) is 11.5 Å². The second-order valence-electron chi connectivity index (χ2n) is 10.6. The number of aromatic hydroxyl groups is 1. The van der Waals surface area contributed by atoms with Crippen molar-refractivity contribution in [1.29, 1.82) is 0 Å². The molecule has 2 aliphatic heterocycles. The molecule has 5 nitrogen and oxygen atoms in total. The monoisotopic (exact) mass is 417 g/mol. The molecular formula is C26H27NO4. The number of hydrogen-bond donors (Lipinski definition) is 2. The van der Waals surface area contributed by atoms with E-state index in [0.717, 1.165) is 30.5 Å². The summed E-state index contributed by atoms with van der Waals surface area (Å²) >= 11 is 0. The van der Waals surface area contributed by atoms with E-state index in [0.29, 0.717) is 31.4 Å². The topological polar surface area (TPSA) is 70.0 Å². The molecule has 2 bridgehead atoms. The Morgan fingerprint density at radius 1 is 1.10 bits per heavy atom. The largest absolute Gasteiger partial charge is 0.504 e. The van der Waals surface area contributed by atoms with Crippen LogP contribution in [0.15, 0.2) is 36.4 Å². The van der Waals surface area contributed by atoms with E-state index >= 15 is 0 Å². The summed E-state index contributed by atoms with van der Waals surface area (Å²) in [4.78, 5) is 16.5. The first kappa shape index (κ1) is 18.2. The second kappa shape index (κ2) is 5.51. The highest BCUT2D eigenvalue weighted by Gasteiger charge is 2.76. The number of aliphatic hydroxyl groups is 1. The smallest absolute Gasteiger partial charge is 0.180 e. The van der Waals surface area contributed by atoms with Crippen LogP contribution in [0, 0.1) is 5.41 Å². The van der Waals surface area contributed by atoms with Crippen LogP contribution in [-0.2, 0) is 29.5 Å². The van der Waals surface area contributed by atoms with Crippen LogP contribution in [0.25, 0.3) is 0 Å². The number of rotatable bonds is 0. The molecular weight excluding hydrogens is 390 g/mol. The van der Waals surface area contributed by atoms with Crippen molar-refractivity contribution in [3.8, 4) is 11.5 Å². The molecule has 5 heteroatoms. The number of benzene rings is 2. The fourth-order valence-corrected chi connectivity index (χ4v) is 7.96. The predicted octanol–water partition coefficient (Wildman–Crippen LogP) is 2.53. The molecule has 2 spiro atoms. The van der Waals surface area contributed by atoms with E-state index in [4.69, 9.17) is 4.74 Å². The lowest BCUT2D eigenvalue weighted by molar-refractivity contribution is -0.208. The predicted molar refractivity (Wildman–Crippen MR) is 114 cm³/mol. The zero-order valence-electron chi connectivity index (χ0n) is 17.7. The quantitative estimate of drug-likeness (QED) is 0.690. The Bertz CT molecular complexity index is 1160. The summed E-state index contributed by atoms with van der Waals surface area (Å²) in [5.41, 5.74) is 2.10. The number of ether oxygens (including phenoxy) is 1. The summed E-state index contributed by atoms with van der Waals surface area (Å²) < 4.78 is 6.36. The number of Topliss-reactive ketones (excluding diaryl/α,β-unsaturated/α-hetero) is 1. The number of aryl methyl sites for hydroxylation is 1. The Morgan fingerprint density at radius 3 is 2.74 bits per heavy atom. The standard InChI is InChI=1S/C26H27NO4/c1-27-11-10-25-20-16-6-7-18(28)21(20)31-23(25)22(29)24(14-26(25,30)19(27)12-16)9-8-15-4-2-3-5-17(15)13-24/h2-7,19,23,28,30H,8-14H2,1H3/t19-,23+,24+,25+,26-/m1/s1. The molecule has 2 N–H and O–H groups in total. The van der Waals surface area contributed by atoms with Gasteiger partial charge in [-0.25, -0.2) is 0 Å². The number of likely N-dealkylation sites (tertiary alicyclic amines) is 1. The molecule has 5 aliphatic rings. The Labute approximate surface area is 181 Å². The molecule has 2 aromatic carbocycles. The Hall–Kier alpha value is -2.37. The van der Waals surface area contributed by atoms with Crippen LogP contribution in [0.3, 0.4) is 0 Å². The highest BCUT2D eigenvalue weighted by atomic mass is 16.5. The van der Waals surface area contributed by atoms with Gasteiger partial charge >= 0.3 is 0 Å². The van der Waals surface area contributed by atoms with Crippen LogP contribution in [-0.4, -0.2) is 52.2 Å². The molecule has 2 heterocycles. The van der Waals surface area contributed by atoms with Gasteiger partial charge in [0.15, 0.2) is 23.4 Å². The van der Waals surface area contributed by atoms with Crippen LogP contribution in [0.1, 0.15) is 41.5 Å².